The van der Waals surface area contributed by atoms with E-state index in [9.17, 15) is 9.59 Å². The van der Waals surface area contributed by atoms with Gasteiger partial charge in [0.25, 0.3) is 5.91 Å². The van der Waals surface area contributed by atoms with Crippen LogP contribution in [0.3, 0.4) is 0 Å². The standard InChI is InChI=1S/C21H27N5O3/c1-6-13-8-17-18(15(19(22)27)9-23-26(17)10-13)24-16-12-25(11-14(16)7-2)20(28)29-21(3,4)5/h1,8-10,14,16,24H,7,11-12H2,2-5H3,(H2,22,27). The van der Waals surface area contributed by atoms with Crippen molar-refractivity contribution < 1.29 is 14.3 Å². The molecular formula is C21H27N5O3. The van der Waals surface area contributed by atoms with E-state index in [1.54, 1.807) is 21.7 Å². The predicted molar refractivity (Wildman–Crippen MR) is 111 cm³/mol. The molecule has 0 aliphatic carbocycles. The quantitative estimate of drug-likeness (QED) is 0.772. The molecule has 3 N–H and O–H groups in total. The van der Waals surface area contributed by atoms with Crippen molar-refractivity contribution in [2.45, 2.75) is 45.8 Å². The Kier molecular flexibility index (Phi) is 5.42. The van der Waals surface area contributed by atoms with Gasteiger partial charge in [0.2, 0.25) is 0 Å². The van der Waals surface area contributed by atoms with Gasteiger partial charge in [0.15, 0.2) is 0 Å². The number of fused-ring (bicyclic) bond motifs is 1. The van der Waals surface area contributed by atoms with Crippen LogP contribution >= 0.6 is 0 Å². The first-order valence-electron chi connectivity index (χ1n) is 9.65. The van der Waals surface area contributed by atoms with Crippen LogP contribution in [0.15, 0.2) is 18.5 Å². The topological polar surface area (TPSA) is 102 Å². The van der Waals surface area contributed by atoms with Crippen LogP contribution in [0.2, 0.25) is 0 Å². The van der Waals surface area contributed by atoms with Crippen LogP contribution in [0.5, 0.6) is 0 Å². The van der Waals surface area contributed by atoms with Crippen molar-refractivity contribution in [2.24, 2.45) is 11.7 Å². The molecule has 3 rings (SSSR count). The number of aromatic nitrogens is 2. The number of carbonyl (C=O) groups excluding carboxylic acids is 2. The summed E-state index contributed by atoms with van der Waals surface area (Å²) in [5.74, 6) is 2.19. The minimum atomic E-state index is -0.582. The molecule has 2 aromatic rings. The lowest BCUT2D eigenvalue weighted by molar-refractivity contribution is 0.0287. The number of rotatable bonds is 4. The van der Waals surface area contributed by atoms with Gasteiger partial charge in [-0.2, -0.15) is 5.10 Å². The summed E-state index contributed by atoms with van der Waals surface area (Å²) in [7, 11) is 0. The predicted octanol–water partition coefficient (Wildman–Crippen LogP) is 2.47. The molecule has 154 valence electrons. The third kappa shape index (κ3) is 4.29. The zero-order chi connectivity index (χ0) is 21.3. The van der Waals surface area contributed by atoms with Crippen LogP contribution < -0.4 is 11.1 Å². The van der Waals surface area contributed by atoms with Crippen molar-refractivity contribution in [3.63, 3.8) is 0 Å². The molecule has 2 atom stereocenters. The number of anilines is 1. The molecule has 8 heteroatoms. The molecule has 0 aromatic carbocycles. The minimum Gasteiger partial charge on any atom is -0.444 e. The van der Waals surface area contributed by atoms with Crippen molar-refractivity contribution in [1.29, 1.82) is 0 Å². The lowest BCUT2D eigenvalue weighted by Gasteiger charge is -2.24. The summed E-state index contributed by atoms with van der Waals surface area (Å²) in [5.41, 5.74) is 7.19. The second-order valence-corrected chi connectivity index (χ2v) is 8.30. The first-order chi connectivity index (χ1) is 13.6. The van der Waals surface area contributed by atoms with Gasteiger partial charge >= 0.3 is 6.09 Å². The maximum atomic E-state index is 12.5. The van der Waals surface area contributed by atoms with Crippen LogP contribution in [0, 0.1) is 18.3 Å². The number of hydrogen-bond donors (Lipinski definition) is 2. The maximum absolute atomic E-state index is 12.5. The molecule has 2 unspecified atom stereocenters. The zero-order valence-corrected chi connectivity index (χ0v) is 17.2. The first kappa shape index (κ1) is 20.5. The molecule has 0 radical (unpaired) electrons. The third-order valence-electron chi connectivity index (χ3n) is 5.02. The highest BCUT2D eigenvalue weighted by Crippen LogP contribution is 2.29. The second kappa shape index (κ2) is 7.66. The number of nitrogens with two attached hydrogens (primary N) is 1. The van der Waals surface area contributed by atoms with E-state index >= 15 is 0 Å². The van der Waals surface area contributed by atoms with Crippen LogP contribution in [-0.4, -0.2) is 51.2 Å². The van der Waals surface area contributed by atoms with Crippen LogP contribution in [0.25, 0.3) is 5.52 Å². The summed E-state index contributed by atoms with van der Waals surface area (Å²) in [5, 5.41) is 7.66. The Bertz CT molecular complexity index is 983. The summed E-state index contributed by atoms with van der Waals surface area (Å²) in [6, 6.07) is 1.71. The molecule has 29 heavy (non-hydrogen) atoms. The first-order valence-corrected chi connectivity index (χ1v) is 9.65. The molecule has 2 aromatic heterocycles. The normalized spacial score (nSPS) is 19.2. The molecule has 2 amide bonds. The van der Waals surface area contributed by atoms with E-state index in [1.807, 2.05) is 20.8 Å². The second-order valence-electron chi connectivity index (χ2n) is 8.30. The highest BCUT2D eigenvalue weighted by atomic mass is 16.6. The van der Waals surface area contributed by atoms with Crippen molar-refractivity contribution in [2.75, 3.05) is 18.4 Å². The van der Waals surface area contributed by atoms with E-state index in [1.165, 1.54) is 6.20 Å². The van der Waals surface area contributed by atoms with Gasteiger partial charge in [-0.15, -0.1) is 6.42 Å². The van der Waals surface area contributed by atoms with E-state index in [0.29, 0.717) is 29.9 Å². The van der Waals surface area contributed by atoms with E-state index in [2.05, 4.69) is 23.3 Å². The highest BCUT2D eigenvalue weighted by molar-refractivity contribution is 6.02. The van der Waals surface area contributed by atoms with Crippen molar-refractivity contribution in [3.8, 4) is 12.3 Å². The number of ether oxygens (including phenoxy) is 1. The number of nitrogens with one attached hydrogen (secondary N) is 1. The number of hydrogen-bond acceptors (Lipinski definition) is 5. The Morgan fingerprint density at radius 1 is 1.41 bits per heavy atom. The SMILES string of the molecule is C#Cc1cc2c(NC3CN(C(=O)OC(C)(C)C)CC3CC)c(C(N)=O)cnn2c1. The summed E-state index contributed by atoms with van der Waals surface area (Å²) >= 11 is 0. The largest absolute Gasteiger partial charge is 0.444 e. The van der Waals surface area contributed by atoms with Gasteiger partial charge in [-0.25, -0.2) is 9.31 Å². The number of primary amides is 1. The van der Waals surface area contributed by atoms with Gasteiger partial charge in [-0.3, -0.25) is 4.79 Å². The maximum Gasteiger partial charge on any atom is 0.410 e. The van der Waals surface area contributed by atoms with Gasteiger partial charge < -0.3 is 20.7 Å². The summed E-state index contributed by atoms with van der Waals surface area (Å²) < 4.78 is 7.13. The van der Waals surface area contributed by atoms with E-state index in [4.69, 9.17) is 16.9 Å². The average molecular weight is 397 g/mol. The molecule has 1 aliphatic rings. The Morgan fingerprint density at radius 2 is 2.14 bits per heavy atom. The van der Waals surface area contributed by atoms with Crippen LogP contribution in [-0.2, 0) is 4.74 Å². The molecule has 1 aliphatic heterocycles. The highest BCUT2D eigenvalue weighted by Gasteiger charge is 2.37. The van der Waals surface area contributed by atoms with E-state index < -0.39 is 11.5 Å². The monoisotopic (exact) mass is 397 g/mol. The number of terminal acetylenes is 1. The molecule has 0 saturated carbocycles. The summed E-state index contributed by atoms with van der Waals surface area (Å²) in [6.07, 6.45) is 9.17. The fourth-order valence-corrected chi connectivity index (χ4v) is 3.58. The number of nitrogens with zero attached hydrogens (tertiary/aromatic N) is 3. The lowest BCUT2D eigenvalue weighted by atomic mass is 10.00. The number of carbonyl (C=O) groups is 2. The number of likely N-dealkylation sites (tertiary alicyclic amines) is 1. The minimum absolute atomic E-state index is 0.0685. The third-order valence-corrected chi connectivity index (χ3v) is 5.02. The van der Waals surface area contributed by atoms with Gasteiger partial charge in [0, 0.05) is 30.9 Å². The summed E-state index contributed by atoms with van der Waals surface area (Å²) in [4.78, 5) is 26.2. The van der Waals surface area contributed by atoms with E-state index in [-0.39, 0.29) is 23.6 Å². The Hall–Kier alpha value is -3.21. The molecule has 1 saturated heterocycles. The van der Waals surface area contributed by atoms with Gasteiger partial charge in [0.1, 0.15) is 5.60 Å². The van der Waals surface area contributed by atoms with Gasteiger partial charge in [0.05, 0.1) is 23.0 Å². The molecule has 0 spiro atoms. The molecule has 0 bridgehead atoms. The van der Waals surface area contributed by atoms with Gasteiger partial charge in [-0.1, -0.05) is 12.8 Å². The van der Waals surface area contributed by atoms with Crippen molar-refractivity contribution in [1.82, 2.24) is 14.5 Å². The Labute approximate surface area is 170 Å². The summed E-state index contributed by atoms with van der Waals surface area (Å²) in [6.45, 7) is 8.64. The van der Waals surface area contributed by atoms with Crippen molar-refractivity contribution in [3.05, 3.63) is 29.6 Å². The number of amides is 2. The fraction of sp³-hybridized carbons (Fsp3) is 0.476. The van der Waals surface area contributed by atoms with Crippen LogP contribution in [0.4, 0.5) is 10.5 Å². The van der Waals surface area contributed by atoms with Crippen LogP contribution in [0.1, 0.15) is 50.0 Å². The molecule has 3 heterocycles. The molecule has 1 fully saturated rings. The smallest absolute Gasteiger partial charge is 0.410 e. The molecular weight excluding hydrogens is 370 g/mol. The Morgan fingerprint density at radius 3 is 2.72 bits per heavy atom. The van der Waals surface area contributed by atoms with E-state index in [0.717, 1.165) is 6.42 Å². The van der Waals surface area contributed by atoms with Gasteiger partial charge in [-0.05, 0) is 39.2 Å². The molecule has 8 nitrogen and oxygen atoms in total. The average Bonchev–Trinajstić information content (AvgIpc) is 3.23. The Balaban J connectivity index is 1.92. The lowest BCUT2D eigenvalue weighted by Crippen LogP contribution is -2.36. The van der Waals surface area contributed by atoms with Crippen molar-refractivity contribution >= 4 is 23.2 Å². The zero-order valence-electron chi connectivity index (χ0n) is 17.2. The fourth-order valence-electron chi connectivity index (χ4n) is 3.58.